The van der Waals surface area contributed by atoms with Crippen molar-refractivity contribution in [3.05, 3.63) is 48.0 Å². The molecular weight excluding hydrogens is 320 g/mol. The van der Waals surface area contributed by atoms with Gasteiger partial charge in [-0.05, 0) is 31.2 Å². The van der Waals surface area contributed by atoms with E-state index in [4.69, 9.17) is 0 Å². The summed E-state index contributed by atoms with van der Waals surface area (Å²) in [6.45, 7) is 6.74. The number of aliphatic imine (C=N–C) groups is 1. The van der Waals surface area contributed by atoms with E-state index < -0.39 is 0 Å². The van der Waals surface area contributed by atoms with Crippen molar-refractivity contribution in [3.63, 3.8) is 0 Å². The Hall–Kier alpha value is -2.02. The van der Waals surface area contributed by atoms with Crippen LogP contribution in [0.25, 0.3) is 0 Å². The summed E-state index contributed by atoms with van der Waals surface area (Å²) in [6.07, 6.45) is 5.40. The van der Waals surface area contributed by atoms with Crippen molar-refractivity contribution in [2.75, 3.05) is 19.8 Å². The Labute approximate surface area is 148 Å². The number of hydrogen-bond acceptors (Lipinski definition) is 4. The quantitative estimate of drug-likeness (QED) is 0.594. The molecule has 1 aromatic heterocycles. The van der Waals surface area contributed by atoms with Gasteiger partial charge < -0.3 is 10.6 Å². The molecule has 0 fully saturated rings. The summed E-state index contributed by atoms with van der Waals surface area (Å²) in [5.41, 5.74) is 2.41. The fourth-order valence-electron chi connectivity index (χ4n) is 2.11. The fraction of sp³-hybridized carbons (Fsp3) is 0.471. The minimum Gasteiger partial charge on any atom is -0.355 e. The van der Waals surface area contributed by atoms with E-state index in [1.807, 2.05) is 16.4 Å². The molecule has 0 amide bonds. The molecule has 0 aliphatic carbocycles. The van der Waals surface area contributed by atoms with Crippen LogP contribution >= 0.6 is 11.8 Å². The van der Waals surface area contributed by atoms with Crippen molar-refractivity contribution in [2.24, 2.45) is 4.99 Å². The lowest BCUT2D eigenvalue weighted by Crippen LogP contribution is -2.42. The zero-order valence-electron chi connectivity index (χ0n) is 14.8. The largest absolute Gasteiger partial charge is 0.355 e. The minimum absolute atomic E-state index is 0.176. The van der Waals surface area contributed by atoms with Gasteiger partial charge in [0.05, 0.1) is 6.54 Å². The van der Waals surface area contributed by atoms with E-state index in [0.29, 0.717) is 0 Å². The summed E-state index contributed by atoms with van der Waals surface area (Å²) in [5.74, 6) is 0.818. The Kier molecular flexibility index (Phi) is 6.66. The highest BCUT2D eigenvalue weighted by molar-refractivity contribution is 7.99. The number of guanidine groups is 1. The van der Waals surface area contributed by atoms with Gasteiger partial charge in [0.2, 0.25) is 0 Å². The van der Waals surface area contributed by atoms with Crippen LogP contribution in [0.1, 0.15) is 25.0 Å². The van der Waals surface area contributed by atoms with Crippen molar-refractivity contribution < 1.29 is 0 Å². The molecule has 0 aliphatic heterocycles. The normalized spacial score (nSPS) is 12.2. The van der Waals surface area contributed by atoms with Crippen LogP contribution in [0.4, 0.5) is 0 Å². The first-order valence-electron chi connectivity index (χ1n) is 7.92. The number of thioether (sulfide) groups is 1. The molecular formula is C17H26N6S. The Morgan fingerprint density at radius 1 is 1.29 bits per heavy atom. The summed E-state index contributed by atoms with van der Waals surface area (Å²) in [7, 11) is 1.79. The predicted octanol–water partition coefficient (Wildman–Crippen LogP) is 2.13. The number of benzene rings is 1. The van der Waals surface area contributed by atoms with Gasteiger partial charge >= 0.3 is 0 Å². The molecule has 1 aromatic carbocycles. The standard InChI is InChI=1S/C17H26N6S/c1-17(2,24-4)11-21-16(18-3)20-9-14-6-5-7-15(8-14)10-23-13-19-12-22-23/h5-8,12-13H,9-11H2,1-4H3,(H2,18,20,21). The van der Waals surface area contributed by atoms with Crippen LogP contribution in [0, 0.1) is 0 Å². The molecule has 1 heterocycles. The smallest absolute Gasteiger partial charge is 0.191 e. The molecule has 24 heavy (non-hydrogen) atoms. The topological polar surface area (TPSA) is 67.1 Å². The lowest BCUT2D eigenvalue weighted by molar-refractivity contribution is 0.664. The number of rotatable bonds is 7. The Bertz CT molecular complexity index is 651. The third kappa shape index (κ3) is 5.88. The summed E-state index contributed by atoms with van der Waals surface area (Å²) in [5, 5.41) is 10.9. The van der Waals surface area contributed by atoms with Crippen molar-refractivity contribution in [2.45, 2.75) is 31.7 Å². The first kappa shape index (κ1) is 18.3. The van der Waals surface area contributed by atoms with Gasteiger partial charge in [0.15, 0.2) is 5.96 Å². The predicted molar refractivity (Wildman–Crippen MR) is 101 cm³/mol. The summed E-state index contributed by atoms with van der Waals surface area (Å²) >= 11 is 1.84. The van der Waals surface area contributed by atoms with Crippen LogP contribution < -0.4 is 10.6 Å². The molecule has 0 aliphatic rings. The number of hydrogen-bond donors (Lipinski definition) is 2. The lowest BCUT2D eigenvalue weighted by Gasteiger charge is -2.23. The van der Waals surface area contributed by atoms with E-state index in [1.54, 1.807) is 19.7 Å². The Balaban J connectivity index is 1.88. The molecule has 2 rings (SSSR count). The van der Waals surface area contributed by atoms with E-state index in [9.17, 15) is 0 Å². The molecule has 0 saturated heterocycles. The minimum atomic E-state index is 0.176. The maximum absolute atomic E-state index is 4.29. The van der Waals surface area contributed by atoms with Gasteiger partial charge in [0.1, 0.15) is 12.7 Å². The lowest BCUT2D eigenvalue weighted by atomic mass is 10.1. The van der Waals surface area contributed by atoms with Crippen LogP contribution in [0.15, 0.2) is 41.9 Å². The van der Waals surface area contributed by atoms with Gasteiger partial charge in [0, 0.05) is 24.9 Å². The van der Waals surface area contributed by atoms with Crippen LogP contribution in [-0.4, -0.2) is 45.3 Å². The number of nitrogens with zero attached hydrogens (tertiary/aromatic N) is 4. The van der Waals surface area contributed by atoms with Crippen LogP contribution in [0.3, 0.4) is 0 Å². The van der Waals surface area contributed by atoms with E-state index >= 15 is 0 Å². The van der Waals surface area contributed by atoms with Crippen molar-refractivity contribution in [3.8, 4) is 0 Å². The maximum atomic E-state index is 4.29. The highest BCUT2D eigenvalue weighted by atomic mass is 32.2. The highest BCUT2D eigenvalue weighted by Crippen LogP contribution is 2.19. The van der Waals surface area contributed by atoms with Crippen LogP contribution in [-0.2, 0) is 13.1 Å². The molecule has 6 nitrogen and oxygen atoms in total. The summed E-state index contributed by atoms with van der Waals surface area (Å²) < 4.78 is 1.99. The monoisotopic (exact) mass is 346 g/mol. The first-order valence-corrected chi connectivity index (χ1v) is 9.15. The molecule has 0 bridgehead atoms. The zero-order valence-corrected chi connectivity index (χ0v) is 15.6. The average Bonchev–Trinajstić information content (AvgIpc) is 3.08. The van der Waals surface area contributed by atoms with Gasteiger partial charge in [-0.3, -0.25) is 4.99 Å². The second-order valence-corrected chi connectivity index (χ2v) is 7.67. The van der Waals surface area contributed by atoms with Gasteiger partial charge in [-0.1, -0.05) is 24.3 Å². The molecule has 0 saturated carbocycles. The van der Waals surface area contributed by atoms with Gasteiger partial charge in [-0.25, -0.2) is 9.67 Å². The molecule has 0 unspecified atom stereocenters. The van der Waals surface area contributed by atoms with Gasteiger partial charge in [0.25, 0.3) is 0 Å². The number of aromatic nitrogens is 3. The van der Waals surface area contributed by atoms with Crippen LogP contribution in [0.5, 0.6) is 0 Å². The zero-order chi connectivity index (χ0) is 17.4. The molecule has 2 N–H and O–H groups in total. The fourth-order valence-corrected chi connectivity index (χ4v) is 2.33. The first-order chi connectivity index (χ1) is 11.5. The van der Waals surface area contributed by atoms with Crippen molar-refractivity contribution >= 4 is 17.7 Å². The molecule has 0 atom stereocenters. The molecule has 0 spiro atoms. The van der Waals surface area contributed by atoms with E-state index in [2.05, 4.69) is 70.1 Å². The second-order valence-electron chi connectivity index (χ2n) is 6.16. The highest BCUT2D eigenvalue weighted by Gasteiger charge is 2.16. The SMILES string of the molecule is CN=C(NCc1cccc(Cn2cncn2)c1)NCC(C)(C)SC. The van der Waals surface area contributed by atoms with E-state index in [0.717, 1.165) is 25.6 Å². The van der Waals surface area contributed by atoms with Crippen molar-refractivity contribution in [1.82, 2.24) is 25.4 Å². The Morgan fingerprint density at radius 2 is 2.08 bits per heavy atom. The molecule has 2 aromatic rings. The van der Waals surface area contributed by atoms with Gasteiger partial charge in [-0.15, -0.1) is 0 Å². The van der Waals surface area contributed by atoms with Crippen molar-refractivity contribution in [1.29, 1.82) is 0 Å². The maximum Gasteiger partial charge on any atom is 0.191 e. The molecule has 130 valence electrons. The third-order valence-corrected chi connectivity index (χ3v) is 4.97. The second kappa shape index (κ2) is 8.73. The van der Waals surface area contributed by atoms with Gasteiger partial charge in [-0.2, -0.15) is 16.9 Å². The average molecular weight is 347 g/mol. The number of nitrogens with one attached hydrogen (secondary N) is 2. The Morgan fingerprint density at radius 3 is 2.75 bits per heavy atom. The molecule has 0 radical (unpaired) electrons. The summed E-state index contributed by atoms with van der Waals surface area (Å²) in [6, 6.07) is 8.44. The third-order valence-electron chi connectivity index (χ3n) is 3.72. The molecule has 7 heteroatoms. The van der Waals surface area contributed by atoms with Crippen LogP contribution in [0.2, 0.25) is 0 Å². The van der Waals surface area contributed by atoms with E-state index in [-0.39, 0.29) is 4.75 Å². The summed E-state index contributed by atoms with van der Waals surface area (Å²) in [4.78, 5) is 8.26. The van der Waals surface area contributed by atoms with E-state index in [1.165, 1.54) is 11.1 Å².